The number of halogens is 1. The lowest BCUT2D eigenvalue weighted by molar-refractivity contribution is -0.146. The predicted molar refractivity (Wildman–Crippen MR) is 81.0 cm³/mol. The normalized spacial score (nSPS) is 26.8. The number of nitrogens with one attached hydrogen (secondary N) is 1. The van der Waals surface area contributed by atoms with E-state index in [-0.39, 0.29) is 11.2 Å². The lowest BCUT2D eigenvalue weighted by atomic mass is 9.89. The fraction of sp³-hybridized carbons (Fsp3) is 0.500. The molecule has 0 saturated carbocycles. The van der Waals surface area contributed by atoms with Crippen molar-refractivity contribution in [2.24, 2.45) is 0 Å². The van der Waals surface area contributed by atoms with E-state index in [1.165, 1.54) is 7.11 Å². The summed E-state index contributed by atoms with van der Waals surface area (Å²) in [4.78, 5) is 12.3. The number of carbonyl (C=O) groups excluding carboxylic acids is 1. The van der Waals surface area contributed by atoms with Crippen molar-refractivity contribution in [1.29, 1.82) is 0 Å². The van der Waals surface area contributed by atoms with Gasteiger partial charge in [0.15, 0.2) is 0 Å². The molecule has 2 atom stereocenters. The van der Waals surface area contributed by atoms with E-state index < -0.39 is 5.54 Å². The number of benzene rings is 1. The third kappa shape index (κ3) is 2.84. The smallest absolute Gasteiger partial charge is 0.332 e. The van der Waals surface area contributed by atoms with Crippen LogP contribution < -0.4 is 5.32 Å². The molecule has 0 bridgehead atoms. The van der Waals surface area contributed by atoms with E-state index in [2.05, 4.69) is 12.2 Å². The molecule has 1 N–H and O–H groups in total. The summed E-state index contributed by atoms with van der Waals surface area (Å²) >= 11 is 7.97. The molecule has 1 saturated heterocycles. The first-order valence-corrected chi connectivity index (χ1v) is 7.75. The van der Waals surface area contributed by atoms with E-state index in [0.717, 1.165) is 24.3 Å². The predicted octanol–water partition coefficient (Wildman–Crippen LogP) is 3.58. The topological polar surface area (TPSA) is 38.3 Å². The van der Waals surface area contributed by atoms with Crippen LogP contribution in [0.4, 0.5) is 5.69 Å². The number of rotatable bonds is 3. The minimum Gasteiger partial charge on any atom is -0.467 e. The summed E-state index contributed by atoms with van der Waals surface area (Å²) in [5.41, 5.74) is 0.0896. The monoisotopic (exact) mass is 299 g/mol. The Hall–Kier alpha value is -0.870. The van der Waals surface area contributed by atoms with Crippen molar-refractivity contribution in [2.45, 2.75) is 30.6 Å². The van der Waals surface area contributed by atoms with E-state index in [1.54, 1.807) is 11.8 Å². The van der Waals surface area contributed by atoms with Gasteiger partial charge >= 0.3 is 5.97 Å². The molecule has 1 fully saturated rings. The van der Waals surface area contributed by atoms with Gasteiger partial charge < -0.3 is 10.1 Å². The highest BCUT2D eigenvalue weighted by Crippen LogP contribution is 2.38. The SMILES string of the molecule is COC(=O)C1(Nc2ccccc2Cl)CCCSC1C. The average Bonchev–Trinajstić information content (AvgIpc) is 2.43. The number of carbonyl (C=O) groups is 1. The maximum atomic E-state index is 12.3. The first kappa shape index (κ1) is 14.5. The fourth-order valence-corrected chi connectivity index (χ4v) is 3.83. The summed E-state index contributed by atoms with van der Waals surface area (Å²) in [5, 5.41) is 4.10. The quantitative estimate of drug-likeness (QED) is 0.866. The zero-order chi connectivity index (χ0) is 13.9. The molecule has 1 aromatic carbocycles. The van der Waals surface area contributed by atoms with Crippen molar-refractivity contribution in [3.05, 3.63) is 29.3 Å². The van der Waals surface area contributed by atoms with Crippen LogP contribution in [0.1, 0.15) is 19.8 Å². The van der Waals surface area contributed by atoms with Crippen LogP contribution in [0.3, 0.4) is 0 Å². The van der Waals surface area contributed by atoms with Crippen LogP contribution in [-0.4, -0.2) is 29.6 Å². The summed E-state index contributed by atoms with van der Waals surface area (Å²) in [5.74, 6) is 0.858. The molecule has 1 aromatic rings. The summed E-state index contributed by atoms with van der Waals surface area (Å²) < 4.78 is 5.02. The highest BCUT2D eigenvalue weighted by Gasteiger charge is 2.46. The van der Waals surface area contributed by atoms with Gasteiger partial charge in [-0.1, -0.05) is 30.7 Å². The van der Waals surface area contributed by atoms with Gasteiger partial charge in [-0.3, -0.25) is 0 Å². The summed E-state index contributed by atoms with van der Waals surface area (Å²) in [6.07, 6.45) is 1.75. The molecule has 19 heavy (non-hydrogen) atoms. The Morgan fingerprint density at radius 2 is 2.26 bits per heavy atom. The van der Waals surface area contributed by atoms with Crippen LogP contribution in [0.15, 0.2) is 24.3 Å². The van der Waals surface area contributed by atoms with Crippen LogP contribution in [0.5, 0.6) is 0 Å². The standard InChI is InChI=1S/C14H18ClNO2S/c1-10-14(13(17)18-2,8-5-9-19-10)16-12-7-4-3-6-11(12)15/h3-4,6-7,10,16H,5,8-9H2,1-2H3. The molecule has 1 heterocycles. The molecule has 0 radical (unpaired) electrons. The van der Waals surface area contributed by atoms with Gasteiger partial charge in [-0.15, -0.1) is 0 Å². The van der Waals surface area contributed by atoms with Gasteiger partial charge in [0.2, 0.25) is 0 Å². The Labute approximate surface area is 123 Å². The zero-order valence-electron chi connectivity index (χ0n) is 11.1. The third-order valence-electron chi connectivity index (χ3n) is 3.56. The molecule has 2 unspecified atom stereocenters. The first-order chi connectivity index (χ1) is 9.10. The number of methoxy groups -OCH3 is 1. The second-order valence-corrected chi connectivity index (χ2v) is 6.54. The van der Waals surface area contributed by atoms with E-state index in [9.17, 15) is 4.79 Å². The van der Waals surface area contributed by atoms with Gasteiger partial charge in [0.05, 0.1) is 17.8 Å². The Morgan fingerprint density at radius 1 is 1.53 bits per heavy atom. The number of esters is 1. The van der Waals surface area contributed by atoms with Gasteiger partial charge in [0.1, 0.15) is 5.54 Å². The lowest BCUT2D eigenvalue weighted by Gasteiger charge is -2.41. The Morgan fingerprint density at radius 3 is 2.89 bits per heavy atom. The second kappa shape index (κ2) is 6.06. The molecule has 104 valence electrons. The van der Waals surface area contributed by atoms with Crippen molar-refractivity contribution in [3.63, 3.8) is 0 Å². The maximum absolute atomic E-state index is 12.3. The van der Waals surface area contributed by atoms with E-state index in [1.807, 2.05) is 24.3 Å². The molecule has 3 nitrogen and oxygen atoms in total. The summed E-state index contributed by atoms with van der Waals surface area (Å²) in [7, 11) is 1.43. The van der Waals surface area contributed by atoms with E-state index in [4.69, 9.17) is 16.3 Å². The van der Waals surface area contributed by atoms with Crippen molar-refractivity contribution in [2.75, 3.05) is 18.2 Å². The minimum atomic E-state index is -0.692. The summed E-state index contributed by atoms with van der Waals surface area (Å²) in [6.45, 7) is 2.06. The lowest BCUT2D eigenvalue weighted by Crippen LogP contribution is -2.55. The highest BCUT2D eigenvalue weighted by atomic mass is 35.5. The fourth-order valence-electron chi connectivity index (χ4n) is 2.42. The average molecular weight is 300 g/mol. The van der Waals surface area contributed by atoms with Gasteiger partial charge in [-0.2, -0.15) is 11.8 Å². The number of hydrogen-bond donors (Lipinski definition) is 1. The minimum absolute atomic E-state index is 0.143. The molecular formula is C14H18ClNO2S. The molecule has 1 aliphatic rings. The Kier molecular flexibility index (Phi) is 4.63. The first-order valence-electron chi connectivity index (χ1n) is 6.33. The van der Waals surface area contributed by atoms with Gasteiger partial charge in [-0.25, -0.2) is 4.79 Å². The van der Waals surface area contributed by atoms with Crippen LogP contribution in [0.2, 0.25) is 5.02 Å². The number of hydrogen-bond acceptors (Lipinski definition) is 4. The Bertz CT molecular complexity index is 469. The third-order valence-corrected chi connectivity index (χ3v) is 5.31. The largest absolute Gasteiger partial charge is 0.467 e. The zero-order valence-corrected chi connectivity index (χ0v) is 12.7. The van der Waals surface area contributed by atoms with Gasteiger partial charge in [0.25, 0.3) is 0 Å². The number of thioether (sulfide) groups is 1. The van der Waals surface area contributed by atoms with Crippen LogP contribution in [-0.2, 0) is 9.53 Å². The highest BCUT2D eigenvalue weighted by molar-refractivity contribution is 8.00. The van der Waals surface area contributed by atoms with E-state index >= 15 is 0 Å². The second-order valence-electron chi connectivity index (χ2n) is 4.68. The maximum Gasteiger partial charge on any atom is 0.332 e. The van der Waals surface area contributed by atoms with Crippen LogP contribution in [0.25, 0.3) is 0 Å². The molecule has 0 amide bonds. The molecule has 0 aromatic heterocycles. The number of ether oxygens (including phenoxy) is 1. The molecular weight excluding hydrogens is 282 g/mol. The molecule has 2 rings (SSSR count). The van der Waals surface area contributed by atoms with Gasteiger partial charge in [0, 0.05) is 5.25 Å². The molecule has 0 spiro atoms. The van der Waals surface area contributed by atoms with Crippen molar-refractivity contribution in [1.82, 2.24) is 0 Å². The van der Waals surface area contributed by atoms with E-state index in [0.29, 0.717) is 5.02 Å². The van der Waals surface area contributed by atoms with Crippen molar-refractivity contribution in [3.8, 4) is 0 Å². The number of anilines is 1. The van der Waals surface area contributed by atoms with Crippen molar-refractivity contribution >= 4 is 35.0 Å². The number of para-hydroxylation sites is 1. The van der Waals surface area contributed by atoms with Gasteiger partial charge in [-0.05, 0) is 30.7 Å². The van der Waals surface area contributed by atoms with Crippen molar-refractivity contribution < 1.29 is 9.53 Å². The summed E-state index contributed by atoms with van der Waals surface area (Å²) in [6, 6.07) is 7.48. The molecule has 1 aliphatic heterocycles. The molecule has 0 aliphatic carbocycles. The van der Waals surface area contributed by atoms with Crippen LogP contribution in [0, 0.1) is 0 Å². The Balaban J connectivity index is 2.33. The molecule has 5 heteroatoms. The van der Waals surface area contributed by atoms with Crippen LogP contribution >= 0.6 is 23.4 Å².